The lowest BCUT2D eigenvalue weighted by molar-refractivity contribution is 0.0473. The highest BCUT2D eigenvalue weighted by Crippen LogP contribution is 2.17. The van der Waals surface area contributed by atoms with Crippen molar-refractivity contribution in [3.05, 3.63) is 56.4 Å². The molecule has 4 nitrogen and oxygen atoms in total. The summed E-state index contributed by atoms with van der Waals surface area (Å²) in [5.41, 5.74) is 3.05. The van der Waals surface area contributed by atoms with Crippen LogP contribution >= 0.6 is 22.6 Å². The molecule has 0 aliphatic heterocycles. The van der Waals surface area contributed by atoms with Crippen LogP contribution in [0.4, 0.5) is 0 Å². The van der Waals surface area contributed by atoms with Crippen molar-refractivity contribution in [2.24, 2.45) is 0 Å². The highest BCUT2D eigenvalue weighted by atomic mass is 127. The van der Waals surface area contributed by atoms with E-state index in [0.29, 0.717) is 11.1 Å². The van der Waals surface area contributed by atoms with Gasteiger partial charge in [-0.1, -0.05) is 12.1 Å². The minimum absolute atomic E-state index is 0.174. The molecule has 0 aliphatic carbocycles. The maximum atomic E-state index is 12.3. The number of halogens is 1. The average molecular weight is 411 g/mol. The Balaban J connectivity index is 2.08. The average Bonchev–Trinajstić information content (AvgIpc) is 2.79. The molecule has 0 saturated carbocycles. The summed E-state index contributed by atoms with van der Waals surface area (Å²) in [7, 11) is 0. The van der Waals surface area contributed by atoms with E-state index < -0.39 is 5.97 Å². The van der Waals surface area contributed by atoms with Crippen molar-refractivity contribution in [2.75, 3.05) is 6.61 Å². The van der Waals surface area contributed by atoms with Crippen LogP contribution in [-0.2, 0) is 11.3 Å². The molecule has 22 heavy (non-hydrogen) atoms. The Hall–Kier alpha value is -1.63. The number of benzene rings is 1. The first-order valence-electron chi connectivity index (χ1n) is 7.07. The third-order valence-electron chi connectivity index (χ3n) is 3.62. The lowest BCUT2D eigenvalue weighted by atomic mass is 10.1. The predicted molar refractivity (Wildman–Crippen MR) is 93.4 cm³/mol. The molecule has 2 rings (SSSR count). The molecule has 5 heteroatoms. The number of carbonyl (C=O) groups is 2. The maximum Gasteiger partial charge on any atom is 0.339 e. The SMILES string of the molecule is CCn1c(C)cc(C(=O)COC(=O)c2ccccc2I)c1C. The van der Waals surface area contributed by atoms with Gasteiger partial charge in [-0.2, -0.15) is 0 Å². The second kappa shape index (κ2) is 7.09. The summed E-state index contributed by atoms with van der Waals surface area (Å²) in [5, 5.41) is 0. The van der Waals surface area contributed by atoms with Gasteiger partial charge < -0.3 is 9.30 Å². The zero-order valence-electron chi connectivity index (χ0n) is 12.9. The molecule has 0 atom stereocenters. The van der Waals surface area contributed by atoms with Crippen LogP contribution in [0.5, 0.6) is 0 Å². The molecule has 0 aliphatic rings. The third-order valence-corrected chi connectivity index (χ3v) is 4.56. The van der Waals surface area contributed by atoms with Crippen LogP contribution in [0.25, 0.3) is 0 Å². The van der Waals surface area contributed by atoms with E-state index in [1.54, 1.807) is 12.1 Å². The van der Waals surface area contributed by atoms with Crippen molar-refractivity contribution in [3.63, 3.8) is 0 Å². The molecule has 1 aromatic heterocycles. The standard InChI is InChI=1S/C17H18INO3/c1-4-19-11(2)9-14(12(19)3)16(20)10-22-17(21)13-7-5-6-8-15(13)18/h5-9H,4,10H2,1-3H3. The largest absolute Gasteiger partial charge is 0.454 e. The van der Waals surface area contributed by atoms with E-state index in [0.717, 1.165) is 21.5 Å². The Morgan fingerprint density at radius 2 is 1.86 bits per heavy atom. The zero-order chi connectivity index (χ0) is 16.3. The number of esters is 1. The van der Waals surface area contributed by atoms with Gasteiger partial charge in [-0.15, -0.1) is 0 Å². The Morgan fingerprint density at radius 3 is 2.45 bits per heavy atom. The first kappa shape index (κ1) is 16.7. The summed E-state index contributed by atoms with van der Waals surface area (Å²) >= 11 is 2.07. The Morgan fingerprint density at radius 1 is 1.18 bits per heavy atom. The molecule has 116 valence electrons. The topological polar surface area (TPSA) is 48.3 Å². The number of aryl methyl sites for hydroxylation is 1. The van der Waals surface area contributed by atoms with E-state index in [-0.39, 0.29) is 12.4 Å². The van der Waals surface area contributed by atoms with Crippen LogP contribution in [0.15, 0.2) is 30.3 Å². The van der Waals surface area contributed by atoms with Crippen molar-refractivity contribution in [3.8, 4) is 0 Å². The molecule has 0 bridgehead atoms. The van der Waals surface area contributed by atoms with Gasteiger partial charge in [0.1, 0.15) is 0 Å². The molecular weight excluding hydrogens is 393 g/mol. The number of nitrogens with zero attached hydrogens (tertiary/aromatic N) is 1. The lowest BCUT2D eigenvalue weighted by Crippen LogP contribution is -2.15. The van der Waals surface area contributed by atoms with Crippen LogP contribution in [0.2, 0.25) is 0 Å². The van der Waals surface area contributed by atoms with Gasteiger partial charge in [0.05, 0.1) is 5.56 Å². The molecule has 2 aromatic rings. The van der Waals surface area contributed by atoms with Gasteiger partial charge >= 0.3 is 5.97 Å². The number of hydrogen-bond acceptors (Lipinski definition) is 3. The Bertz CT molecular complexity index is 719. The molecular formula is C17H18INO3. The monoisotopic (exact) mass is 411 g/mol. The van der Waals surface area contributed by atoms with Crippen molar-refractivity contribution < 1.29 is 14.3 Å². The fourth-order valence-electron chi connectivity index (χ4n) is 2.48. The van der Waals surface area contributed by atoms with Crippen LogP contribution in [0, 0.1) is 17.4 Å². The summed E-state index contributed by atoms with van der Waals surface area (Å²) in [6.07, 6.45) is 0. The summed E-state index contributed by atoms with van der Waals surface area (Å²) in [6.45, 7) is 6.48. The van der Waals surface area contributed by atoms with Crippen molar-refractivity contribution in [1.82, 2.24) is 4.57 Å². The van der Waals surface area contributed by atoms with Crippen molar-refractivity contribution in [2.45, 2.75) is 27.3 Å². The molecule has 1 heterocycles. The highest BCUT2D eigenvalue weighted by Gasteiger charge is 2.18. The number of Topliss-reactive ketones (excluding diaryl/α,β-unsaturated/α-hetero) is 1. The minimum Gasteiger partial charge on any atom is -0.454 e. The summed E-state index contributed by atoms with van der Waals surface area (Å²) < 4.78 is 8.03. The molecule has 0 unspecified atom stereocenters. The maximum absolute atomic E-state index is 12.3. The lowest BCUT2D eigenvalue weighted by Gasteiger charge is -2.07. The Kier molecular flexibility index (Phi) is 5.39. The number of aromatic nitrogens is 1. The van der Waals surface area contributed by atoms with Crippen molar-refractivity contribution in [1.29, 1.82) is 0 Å². The van der Waals surface area contributed by atoms with E-state index in [2.05, 4.69) is 27.2 Å². The predicted octanol–water partition coefficient (Wildman–Crippen LogP) is 3.77. The Labute approximate surface area is 143 Å². The van der Waals surface area contributed by atoms with Gasteiger partial charge in [0, 0.05) is 27.1 Å². The number of hydrogen-bond donors (Lipinski definition) is 0. The quantitative estimate of drug-likeness (QED) is 0.428. The smallest absolute Gasteiger partial charge is 0.339 e. The normalized spacial score (nSPS) is 10.5. The first-order valence-corrected chi connectivity index (χ1v) is 8.15. The fraction of sp³-hybridized carbons (Fsp3) is 0.294. The van der Waals surface area contributed by atoms with Gasteiger partial charge in [0.25, 0.3) is 0 Å². The zero-order valence-corrected chi connectivity index (χ0v) is 15.0. The van der Waals surface area contributed by atoms with Crippen LogP contribution < -0.4 is 0 Å². The van der Waals surface area contributed by atoms with Crippen LogP contribution in [0.3, 0.4) is 0 Å². The molecule has 0 spiro atoms. The fourth-order valence-corrected chi connectivity index (χ4v) is 3.09. The number of carbonyl (C=O) groups excluding carboxylic acids is 2. The minimum atomic E-state index is -0.470. The number of ketones is 1. The molecule has 0 N–H and O–H groups in total. The summed E-state index contributed by atoms with van der Waals surface area (Å²) in [4.78, 5) is 24.3. The number of rotatable bonds is 5. The second-order valence-corrected chi connectivity index (χ2v) is 6.17. The second-order valence-electron chi connectivity index (χ2n) is 5.01. The van der Waals surface area contributed by atoms with E-state index in [1.165, 1.54) is 0 Å². The summed E-state index contributed by atoms with van der Waals surface area (Å²) in [6, 6.07) is 8.99. The molecule has 0 fully saturated rings. The van der Waals surface area contributed by atoms with Crippen molar-refractivity contribution >= 4 is 34.3 Å². The molecule has 0 saturated heterocycles. The number of ether oxygens (including phenoxy) is 1. The van der Waals surface area contributed by atoms with E-state index in [9.17, 15) is 9.59 Å². The van der Waals surface area contributed by atoms with Gasteiger partial charge in [-0.05, 0) is 61.6 Å². The van der Waals surface area contributed by atoms with E-state index >= 15 is 0 Å². The highest BCUT2D eigenvalue weighted by molar-refractivity contribution is 14.1. The molecule has 1 aromatic carbocycles. The summed E-state index contributed by atoms with van der Waals surface area (Å²) in [5.74, 6) is -0.644. The van der Waals surface area contributed by atoms with Crippen LogP contribution in [0.1, 0.15) is 39.0 Å². The first-order chi connectivity index (χ1) is 10.5. The van der Waals surface area contributed by atoms with Gasteiger partial charge in [-0.25, -0.2) is 4.79 Å². The van der Waals surface area contributed by atoms with Gasteiger partial charge in [-0.3, -0.25) is 4.79 Å². The van der Waals surface area contributed by atoms with Crippen LogP contribution in [-0.4, -0.2) is 22.9 Å². The van der Waals surface area contributed by atoms with Gasteiger partial charge in [0.15, 0.2) is 6.61 Å². The molecule has 0 radical (unpaired) electrons. The van der Waals surface area contributed by atoms with E-state index in [1.807, 2.05) is 39.0 Å². The molecule has 0 amide bonds. The van der Waals surface area contributed by atoms with E-state index in [4.69, 9.17) is 4.74 Å². The van der Waals surface area contributed by atoms with Gasteiger partial charge in [0.2, 0.25) is 5.78 Å². The third kappa shape index (κ3) is 3.40.